The number of anilines is 1. The van der Waals surface area contributed by atoms with Gasteiger partial charge in [0.2, 0.25) is 0 Å². The first-order valence-corrected chi connectivity index (χ1v) is 10.4. The molecule has 1 aliphatic carbocycles. The van der Waals surface area contributed by atoms with Gasteiger partial charge in [-0.2, -0.15) is 0 Å². The molecule has 0 saturated heterocycles. The van der Waals surface area contributed by atoms with E-state index in [2.05, 4.69) is 24.8 Å². The maximum absolute atomic E-state index is 14.2. The number of hydrogen-bond acceptors (Lipinski definition) is 5. The molecule has 2 atom stereocenters. The molecule has 1 aliphatic heterocycles. The average molecular weight is 420 g/mol. The van der Waals surface area contributed by atoms with Crippen LogP contribution in [0.4, 0.5) is 15.9 Å². The number of nitrogens with two attached hydrogens (primary N) is 1. The Balaban J connectivity index is 1.94. The summed E-state index contributed by atoms with van der Waals surface area (Å²) in [5.74, 6) is 0.607. The smallest absolute Gasteiger partial charge is 0.316 e. The van der Waals surface area contributed by atoms with Gasteiger partial charge in [0.1, 0.15) is 11.7 Å². The number of ether oxygens (including phenoxy) is 1. The summed E-state index contributed by atoms with van der Waals surface area (Å²) in [6.45, 7) is 6.04. The van der Waals surface area contributed by atoms with Crippen molar-refractivity contribution in [1.29, 1.82) is 0 Å². The van der Waals surface area contributed by atoms with Crippen LogP contribution in [0, 0.1) is 29.5 Å². The fraction of sp³-hybridized carbons (Fsp3) is 0.400. The number of nitrogens with zero attached hydrogens (tertiary/aromatic N) is 2. The number of rotatable bonds is 3. The molecule has 1 aromatic heterocycles. The molecule has 0 fully saturated rings. The molecule has 4 rings (SSSR count). The molecule has 2 unspecified atom stereocenters. The van der Waals surface area contributed by atoms with E-state index in [1.165, 1.54) is 12.1 Å². The van der Waals surface area contributed by atoms with Crippen molar-refractivity contribution in [3.8, 4) is 12.3 Å². The van der Waals surface area contributed by atoms with Gasteiger partial charge in [-0.25, -0.2) is 14.4 Å². The van der Waals surface area contributed by atoms with Crippen molar-refractivity contribution in [1.82, 2.24) is 4.98 Å². The van der Waals surface area contributed by atoms with Crippen molar-refractivity contribution < 1.29 is 13.9 Å². The standard InChI is InChI=1S/C25H26FN3O2/c1-5-11-31-24(30)19-14(2)28-23-21(20(19)15-7-6-8-16(26)12-15)22(27)17-13-25(3,4)10-9-18(17)29-23/h1,6-8,12,19-20H,9-11,13H2,2-4H3,(H2,27,29). The summed E-state index contributed by atoms with van der Waals surface area (Å²) in [5.41, 5.74) is 11.2. The molecule has 2 aromatic rings. The van der Waals surface area contributed by atoms with Crippen LogP contribution in [-0.2, 0) is 22.4 Å². The van der Waals surface area contributed by atoms with Gasteiger partial charge in [0.15, 0.2) is 12.4 Å². The molecule has 0 spiro atoms. The zero-order chi connectivity index (χ0) is 22.3. The first kappa shape index (κ1) is 21.0. The number of nitrogen functional groups attached to an aromatic ring is 1. The number of halogens is 1. The van der Waals surface area contributed by atoms with Gasteiger partial charge in [-0.3, -0.25) is 4.79 Å². The highest BCUT2D eigenvalue weighted by Crippen LogP contribution is 2.48. The second-order valence-electron chi connectivity index (χ2n) is 9.10. The quantitative estimate of drug-likeness (QED) is 0.593. The second-order valence-corrected chi connectivity index (χ2v) is 9.10. The number of fused-ring (bicyclic) bond motifs is 2. The summed E-state index contributed by atoms with van der Waals surface area (Å²) in [4.78, 5) is 22.5. The lowest BCUT2D eigenvalue weighted by molar-refractivity contribution is -0.145. The minimum atomic E-state index is -0.763. The molecule has 31 heavy (non-hydrogen) atoms. The van der Waals surface area contributed by atoms with Gasteiger partial charge in [-0.15, -0.1) is 6.42 Å². The van der Waals surface area contributed by atoms with Crippen LogP contribution in [-0.4, -0.2) is 23.3 Å². The van der Waals surface area contributed by atoms with Crippen molar-refractivity contribution in [2.24, 2.45) is 16.3 Å². The zero-order valence-electron chi connectivity index (χ0n) is 18.0. The summed E-state index contributed by atoms with van der Waals surface area (Å²) in [6, 6.07) is 6.22. The molecule has 160 valence electrons. The van der Waals surface area contributed by atoms with Gasteiger partial charge < -0.3 is 10.5 Å². The number of aliphatic imine (C=N–C) groups is 1. The Kier molecular flexibility index (Phi) is 5.30. The summed E-state index contributed by atoms with van der Waals surface area (Å²) in [6.07, 6.45) is 7.91. The van der Waals surface area contributed by atoms with Crippen LogP contribution in [0.5, 0.6) is 0 Å². The lowest BCUT2D eigenvalue weighted by Gasteiger charge is -2.36. The van der Waals surface area contributed by atoms with E-state index in [9.17, 15) is 9.18 Å². The van der Waals surface area contributed by atoms with Crippen molar-refractivity contribution in [2.45, 2.75) is 46.0 Å². The third kappa shape index (κ3) is 3.81. The normalized spacial score (nSPS) is 21.3. The Hall–Kier alpha value is -3.20. The summed E-state index contributed by atoms with van der Waals surface area (Å²) < 4.78 is 19.5. The van der Waals surface area contributed by atoms with E-state index in [-0.39, 0.29) is 17.8 Å². The van der Waals surface area contributed by atoms with Crippen LogP contribution < -0.4 is 5.73 Å². The molecule has 2 heterocycles. The molecular weight excluding hydrogens is 393 g/mol. The van der Waals surface area contributed by atoms with Gasteiger partial charge in [-0.1, -0.05) is 31.9 Å². The van der Waals surface area contributed by atoms with E-state index in [0.29, 0.717) is 28.3 Å². The minimum absolute atomic E-state index is 0.102. The SMILES string of the molecule is C#CCOC(=O)C1C(C)=Nc2nc3c(c(N)c2C1c1cccc(F)c1)CC(C)(C)CC3. The van der Waals surface area contributed by atoms with Crippen LogP contribution in [0.2, 0.25) is 0 Å². The topological polar surface area (TPSA) is 77.6 Å². The Morgan fingerprint density at radius 2 is 2.19 bits per heavy atom. The maximum Gasteiger partial charge on any atom is 0.316 e. The molecule has 2 aliphatic rings. The number of aryl methyl sites for hydroxylation is 1. The first-order chi connectivity index (χ1) is 14.7. The number of aromatic nitrogens is 1. The molecule has 6 heteroatoms. The first-order valence-electron chi connectivity index (χ1n) is 10.4. The number of carbonyl (C=O) groups is 1. The van der Waals surface area contributed by atoms with E-state index in [1.807, 2.05) is 0 Å². The second kappa shape index (κ2) is 7.81. The van der Waals surface area contributed by atoms with Gasteiger partial charge in [0.05, 0.1) is 0 Å². The number of terminal acetylenes is 1. The van der Waals surface area contributed by atoms with Gasteiger partial charge in [0, 0.05) is 28.6 Å². The lowest BCUT2D eigenvalue weighted by Crippen LogP contribution is -2.35. The molecule has 2 N–H and O–H groups in total. The fourth-order valence-electron chi connectivity index (χ4n) is 4.73. The van der Waals surface area contributed by atoms with Gasteiger partial charge in [0.25, 0.3) is 0 Å². The van der Waals surface area contributed by atoms with Crippen LogP contribution in [0.15, 0.2) is 29.3 Å². The Morgan fingerprint density at radius 1 is 1.42 bits per heavy atom. The van der Waals surface area contributed by atoms with Crippen molar-refractivity contribution in [3.63, 3.8) is 0 Å². The Morgan fingerprint density at radius 3 is 2.90 bits per heavy atom. The van der Waals surface area contributed by atoms with Gasteiger partial charge >= 0.3 is 5.97 Å². The van der Waals surface area contributed by atoms with E-state index < -0.39 is 17.8 Å². The summed E-state index contributed by atoms with van der Waals surface area (Å²) in [5, 5.41) is 0. The number of esters is 1. The van der Waals surface area contributed by atoms with Crippen molar-refractivity contribution in [3.05, 3.63) is 52.5 Å². The Labute approximate surface area is 181 Å². The number of carbonyl (C=O) groups excluding carboxylic acids is 1. The monoisotopic (exact) mass is 419 g/mol. The lowest BCUT2D eigenvalue weighted by atomic mass is 9.72. The average Bonchev–Trinajstić information content (AvgIpc) is 2.71. The predicted octanol–water partition coefficient (Wildman–Crippen LogP) is 4.35. The van der Waals surface area contributed by atoms with Crippen LogP contribution in [0.25, 0.3) is 0 Å². The van der Waals surface area contributed by atoms with Crippen molar-refractivity contribution >= 4 is 23.2 Å². The predicted molar refractivity (Wildman–Crippen MR) is 119 cm³/mol. The van der Waals surface area contributed by atoms with Gasteiger partial charge in [-0.05, 0) is 54.9 Å². The molecule has 0 amide bonds. The number of benzene rings is 1. The third-order valence-corrected chi connectivity index (χ3v) is 6.28. The van der Waals surface area contributed by atoms with E-state index in [0.717, 1.165) is 30.5 Å². The summed E-state index contributed by atoms with van der Waals surface area (Å²) >= 11 is 0. The zero-order valence-corrected chi connectivity index (χ0v) is 18.0. The molecule has 1 aromatic carbocycles. The Bertz CT molecular complexity index is 1130. The number of pyridine rings is 1. The van der Waals surface area contributed by atoms with Crippen molar-refractivity contribution in [2.75, 3.05) is 12.3 Å². The van der Waals surface area contributed by atoms with Crippen LogP contribution in [0.3, 0.4) is 0 Å². The van der Waals surface area contributed by atoms with E-state index in [4.69, 9.17) is 21.9 Å². The van der Waals surface area contributed by atoms with Crippen LogP contribution >= 0.6 is 0 Å². The number of hydrogen-bond donors (Lipinski definition) is 1. The molecule has 0 radical (unpaired) electrons. The molecular formula is C25H26FN3O2. The fourth-order valence-corrected chi connectivity index (χ4v) is 4.73. The molecule has 0 bridgehead atoms. The molecule has 0 saturated carbocycles. The highest BCUT2D eigenvalue weighted by molar-refractivity contribution is 6.05. The van der Waals surface area contributed by atoms with Crippen LogP contribution in [0.1, 0.15) is 55.5 Å². The minimum Gasteiger partial charge on any atom is -0.452 e. The summed E-state index contributed by atoms with van der Waals surface area (Å²) in [7, 11) is 0. The highest BCUT2D eigenvalue weighted by Gasteiger charge is 2.42. The maximum atomic E-state index is 14.2. The van der Waals surface area contributed by atoms with E-state index >= 15 is 0 Å². The third-order valence-electron chi connectivity index (χ3n) is 6.28. The van der Waals surface area contributed by atoms with E-state index in [1.54, 1.807) is 19.1 Å². The largest absolute Gasteiger partial charge is 0.452 e. The molecule has 5 nitrogen and oxygen atoms in total. The highest BCUT2D eigenvalue weighted by atomic mass is 19.1.